The molecule has 0 aliphatic carbocycles. The van der Waals surface area contributed by atoms with E-state index in [1.165, 1.54) is 13.8 Å². The van der Waals surface area contributed by atoms with Crippen LogP contribution in [0.15, 0.2) is 4.90 Å². The van der Waals surface area contributed by atoms with Gasteiger partial charge in [-0.2, -0.15) is 0 Å². The van der Waals surface area contributed by atoms with Crippen LogP contribution >= 0.6 is 0 Å². The average Bonchev–Trinajstić information content (AvgIpc) is 2.66. The number of sulfonamides is 1. The molecule has 3 N–H and O–H groups in total. The molecule has 2 rings (SSSR count). The molecule has 1 aliphatic rings. The van der Waals surface area contributed by atoms with E-state index in [0.717, 1.165) is 0 Å². The van der Waals surface area contributed by atoms with Gasteiger partial charge in [-0.1, -0.05) is 0 Å². The molecule has 0 aromatic carbocycles. The standard InChI is InChI=1S/C11H17N3O5S/c1-7-9(11(15)16)12-8(2)10(7)20(17,18)13-14-3-5-19-6-4-14/h12-13H,3-6H2,1-2H3,(H,15,16). The first-order valence-corrected chi connectivity index (χ1v) is 7.59. The van der Waals surface area contributed by atoms with Gasteiger partial charge in [-0.05, 0) is 13.8 Å². The van der Waals surface area contributed by atoms with Crippen LogP contribution in [0.1, 0.15) is 21.7 Å². The summed E-state index contributed by atoms with van der Waals surface area (Å²) in [5.74, 6) is -1.18. The van der Waals surface area contributed by atoms with Gasteiger partial charge in [0.2, 0.25) is 0 Å². The Kier molecular flexibility index (Phi) is 4.14. The highest BCUT2D eigenvalue weighted by Gasteiger charge is 2.28. The van der Waals surface area contributed by atoms with Crippen molar-refractivity contribution in [3.8, 4) is 0 Å². The summed E-state index contributed by atoms with van der Waals surface area (Å²) >= 11 is 0. The second kappa shape index (κ2) is 5.52. The molecular formula is C11H17N3O5S. The van der Waals surface area contributed by atoms with Crippen molar-refractivity contribution in [3.05, 3.63) is 17.0 Å². The molecule has 1 aliphatic heterocycles. The van der Waals surface area contributed by atoms with Crippen molar-refractivity contribution in [1.82, 2.24) is 14.8 Å². The van der Waals surface area contributed by atoms with Crippen LogP contribution in [0, 0.1) is 13.8 Å². The minimum atomic E-state index is -3.81. The fourth-order valence-electron chi connectivity index (χ4n) is 2.22. The Morgan fingerprint density at radius 3 is 2.45 bits per heavy atom. The molecule has 0 spiro atoms. The molecule has 1 aromatic rings. The largest absolute Gasteiger partial charge is 0.477 e. The lowest BCUT2D eigenvalue weighted by Crippen LogP contribution is -2.48. The van der Waals surface area contributed by atoms with E-state index in [1.54, 1.807) is 5.01 Å². The molecule has 112 valence electrons. The summed E-state index contributed by atoms with van der Waals surface area (Å²) in [5, 5.41) is 10.6. The van der Waals surface area contributed by atoms with Gasteiger partial charge in [-0.15, -0.1) is 4.83 Å². The Balaban J connectivity index is 2.31. The smallest absolute Gasteiger partial charge is 0.352 e. The van der Waals surface area contributed by atoms with Gasteiger partial charge in [-0.3, -0.25) is 0 Å². The molecular weight excluding hydrogens is 286 g/mol. The van der Waals surface area contributed by atoms with Crippen LogP contribution in [0.4, 0.5) is 0 Å². The first kappa shape index (κ1) is 15.0. The SMILES string of the molecule is Cc1[nH]c(C(=O)O)c(C)c1S(=O)(=O)NN1CCOCC1. The third-order valence-corrected chi connectivity index (χ3v) is 4.76. The molecule has 9 heteroatoms. The number of carboxylic acid groups (broad SMARTS) is 1. The lowest BCUT2D eigenvalue weighted by atomic mass is 10.2. The number of morpholine rings is 1. The van der Waals surface area contributed by atoms with Crippen LogP contribution < -0.4 is 4.83 Å². The molecule has 2 heterocycles. The normalized spacial score (nSPS) is 17.3. The van der Waals surface area contributed by atoms with Gasteiger partial charge >= 0.3 is 5.97 Å². The summed E-state index contributed by atoms with van der Waals surface area (Å²) in [6.45, 7) is 4.82. The lowest BCUT2D eigenvalue weighted by Gasteiger charge is -2.26. The van der Waals surface area contributed by atoms with E-state index in [1.807, 2.05) is 0 Å². The number of carbonyl (C=O) groups is 1. The van der Waals surface area contributed by atoms with Crippen LogP contribution in [0.25, 0.3) is 0 Å². The number of rotatable bonds is 4. The Morgan fingerprint density at radius 2 is 1.95 bits per heavy atom. The molecule has 0 saturated carbocycles. The molecule has 8 nitrogen and oxygen atoms in total. The van der Waals surface area contributed by atoms with Crippen molar-refractivity contribution >= 4 is 16.0 Å². The molecule has 20 heavy (non-hydrogen) atoms. The van der Waals surface area contributed by atoms with Gasteiger partial charge in [-0.25, -0.2) is 18.2 Å². The minimum Gasteiger partial charge on any atom is -0.477 e. The van der Waals surface area contributed by atoms with Gasteiger partial charge in [0.05, 0.1) is 13.2 Å². The molecule has 0 amide bonds. The quantitative estimate of drug-likeness (QED) is 0.713. The van der Waals surface area contributed by atoms with Crippen LogP contribution in [-0.4, -0.2) is 55.8 Å². The van der Waals surface area contributed by atoms with Crippen LogP contribution in [-0.2, 0) is 14.8 Å². The maximum atomic E-state index is 12.4. The number of hydrazine groups is 1. The van der Waals surface area contributed by atoms with Crippen molar-refractivity contribution in [3.63, 3.8) is 0 Å². The molecule has 1 aromatic heterocycles. The maximum Gasteiger partial charge on any atom is 0.352 e. The number of aryl methyl sites for hydroxylation is 1. The Hall–Kier alpha value is -1.42. The Labute approximate surface area is 116 Å². The van der Waals surface area contributed by atoms with Gasteiger partial charge in [0, 0.05) is 24.3 Å². The second-order valence-electron chi connectivity index (χ2n) is 4.58. The van der Waals surface area contributed by atoms with Crippen molar-refractivity contribution in [2.45, 2.75) is 18.7 Å². The number of H-pyrrole nitrogens is 1. The maximum absolute atomic E-state index is 12.4. The van der Waals surface area contributed by atoms with Gasteiger partial charge in [0.15, 0.2) is 0 Å². The van der Waals surface area contributed by atoms with E-state index in [9.17, 15) is 13.2 Å². The number of nitrogens with zero attached hydrogens (tertiary/aromatic N) is 1. The molecule has 1 fully saturated rings. The highest BCUT2D eigenvalue weighted by molar-refractivity contribution is 7.89. The van der Waals surface area contributed by atoms with E-state index >= 15 is 0 Å². The number of aromatic amines is 1. The fraction of sp³-hybridized carbons (Fsp3) is 0.545. The summed E-state index contributed by atoms with van der Waals surface area (Å²) < 4.78 is 29.9. The van der Waals surface area contributed by atoms with Gasteiger partial charge in [0.25, 0.3) is 10.0 Å². The monoisotopic (exact) mass is 303 g/mol. The van der Waals surface area contributed by atoms with Gasteiger partial charge in [0.1, 0.15) is 10.6 Å². The van der Waals surface area contributed by atoms with E-state index in [0.29, 0.717) is 32.0 Å². The molecule has 0 bridgehead atoms. The number of hydrogen-bond acceptors (Lipinski definition) is 5. The van der Waals surface area contributed by atoms with E-state index in [2.05, 4.69) is 9.82 Å². The zero-order valence-corrected chi connectivity index (χ0v) is 12.1. The summed E-state index contributed by atoms with van der Waals surface area (Å²) in [7, 11) is -3.81. The van der Waals surface area contributed by atoms with E-state index in [-0.39, 0.29) is 16.2 Å². The number of ether oxygens (including phenoxy) is 1. The van der Waals surface area contributed by atoms with Crippen LogP contribution in [0.3, 0.4) is 0 Å². The van der Waals surface area contributed by atoms with Crippen molar-refractivity contribution in [2.75, 3.05) is 26.3 Å². The molecule has 0 atom stereocenters. The second-order valence-corrected chi connectivity index (χ2v) is 6.18. The van der Waals surface area contributed by atoms with Crippen molar-refractivity contribution in [1.29, 1.82) is 0 Å². The molecule has 0 unspecified atom stereocenters. The number of carboxylic acids is 1. The van der Waals surface area contributed by atoms with Crippen LogP contribution in [0.2, 0.25) is 0 Å². The number of aromatic carboxylic acids is 1. The summed E-state index contributed by atoms with van der Waals surface area (Å²) in [5.41, 5.74) is 0.404. The predicted molar refractivity (Wildman–Crippen MR) is 69.9 cm³/mol. The highest BCUT2D eigenvalue weighted by atomic mass is 32.2. The number of hydrogen-bond donors (Lipinski definition) is 3. The third-order valence-electron chi connectivity index (χ3n) is 3.11. The number of aromatic nitrogens is 1. The van der Waals surface area contributed by atoms with E-state index in [4.69, 9.17) is 9.84 Å². The average molecular weight is 303 g/mol. The molecule has 0 radical (unpaired) electrons. The minimum absolute atomic E-state index is 0.0126. The fourth-order valence-corrected chi connectivity index (χ4v) is 3.79. The topological polar surface area (TPSA) is 112 Å². The van der Waals surface area contributed by atoms with Crippen molar-refractivity contribution < 1.29 is 23.1 Å². The van der Waals surface area contributed by atoms with Crippen LogP contribution in [0.5, 0.6) is 0 Å². The summed E-state index contributed by atoms with van der Waals surface area (Å²) in [6.07, 6.45) is 0. The highest BCUT2D eigenvalue weighted by Crippen LogP contribution is 2.23. The zero-order chi connectivity index (χ0) is 14.9. The zero-order valence-electron chi connectivity index (χ0n) is 11.3. The third kappa shape index (κ3) is 2.85. The van der Waals surface area contributed by atoms with Crippen molar-refractivity contribution in [2.24, 2.45) is 0 Å². The molecule has 1 saturated heterocycles. The number of nitrogens with one attached hydrogen (secondary N) is 2. The Bertz CT molecular complexity index is 616. The first-order valence-electron chi connectivity index (χ1n) is 6.10. The summed E-state index contributed by atoms with van der Waals surface area (Å²) in [6, 6.07) is 0. The first-order chi connectivity index (χ1) is 9.33. The predicted octanol–water partition coefficient (Wildman–Crippen LogP) is -0.145. The Morgan fingerprint density at radius 1 is 1.35 bits per heavy atom. The van der Waals surface area contributed by atoms with Gasteiger partial charge < -0.3 is 14.8 Å². The van der Waals surface area contributed by atoms with E-state index < -0.39 is 16.0 Å². The summed E-state index contributed by atoms with van der Waals surface area (Å²) in [4.78, 5) is 16.1. The lowest BCUT2D eigenvalue weighted by molar-refractivity contribution is 0.0272.